The maximum Gasteiger partial charge on any atom is 0.323 e. The summed E-state index contributed by atoms with van der Waals surface area (Å²) >= 11 is 0. The van der Waals surface area contributed by atoms with E-state index < -0.39 is 0 Å². The van der Waals surface area contributed by atoms with Crippen molar-refractivity contribution in [2.24, 2.45) is 13.0 Å². The Kier molecular flexibility index (Phi) is 5.87. The van der Waals surface area contributed by atoms with Gasteiger partial charge in [0, 0.05) is 51.5 Å². The van der Waals surface area contributed by atoms with Crippen molar-refractivity contribution in [1.82, 2.24) is 24.6 Å². The predicted molar refractivity (Wildman–Crippen MR) is 107 cm³/mol. The quantitative estimate of drug-likeness (QED) is 0.873. The van der Waals surface area contributed by atoms with Crippen molar-refractivity contribution >= 4 is 11.8 Å². The Balaban J connectivity index is 1.35. The van der Waals surface area contributed by atoms with Gasteiger partial charge in [-0.3, -0.25) is 14.9 Å². The van der Waals surface area contributed by atoms with E-state index >= 15 is 0 Å². The number of pyridine rings is 1. The van der Waals surface area contributed by atoms with Crippen molar-refractivity contribution in [3.63, 3.8) is 0 Å². The van der Waals surface area contributed by atoms with Gasteiger partial charge in [-0.15, -0.1) is 0 Å². The number of amides is 2. The van der Waals surface area contributed by atoms with E-state index in [-0.39, 0.29) is 6.03 Å². The second-order valence-corrected chi connectivity index (χ2v) is 7.61. The summed E-state index contributed by atoms with van der Waals surface area (Å²) in [6, 6.07) is 5.59. The van der Waals surface area contributed by atoms with Gasteiger partial charge < -0.3 is 9.64 Å². The Bertz CT molecular complexity index is 801. The molecule has 2 saturated heterocycles. The van der Waals surface area contributed by atoms with Crippen LogP contribution in [-0.4, -0.2) is 76.5 Å². The lowest BCUT2D eigenvalue weighted by Crippen LogP contribution is -2.47. The lowest BCUT2D eigenvalue weighted by atomic mass is 9.97. The van der Waals surface area contributed by atoms with Crippen molar-refractivity contribution < 1.29 is 9.53 Å². The predicted octanol–water partition coefficient (Wildman–Crippen LogP) is 2.06. The Morgan fingerprint density at radius 2 is 2.14 bits per heavy atom. The number of morpholine rings is 1. The summed E-state index contributed by atoms with van der Waals surface area (Å²) in [6.07, 6.45) is 5.91. The van der Waals surface area contributed by atoms with Gasteiger partial charge in [-0.25, -0.2) is 9.78 Å². The van der Waals surface area contributed by atoms with Crippen LogP contribution in [0.4, 0.5) is 10.6 Å². The van der Waals surface area contributed by atoms with Crippen molar-refractivity contribution in [3.8, 4) is 11.3 Å². The standard InChI is InChI=1S/C20H28N6O2/c1-24-15-17(12-21-24)18-5-2-6-19(22-18)23-20(27)26-7-3-4-16(14-26)13-25-8-10-28-11-9-25/h2,5-6,12,15-16H,3-4,7-11,13-14H2,1H3,(H,22,23,27)/t16-/m1/s1. The number of piperidine rings is 1. The molecule has 2 aromatic heterocycles. The molecule has 8 heteroatoms. The fourth-order valence-corrected chi connectivity index (χ4v) is 3.95. The largest absolute Gasteiger partial charge is 0.379 e. The third-order valence-electron chi connectivity index (χ3n) is 5.41. The first-order valence-corrected chi connectivity index (χ1v) is 9.99. The van der Waals surface area contributed by atoms with Crippen LogP contribution >= 0.6 is 0 Å². The monoisotopic (exact) mass is 384 g/mol. The highest BCUT2D eigenvalue weighted by Gasteiger charge is 2.26. The summed E-state index contributed by atoms with van der Waals surface area (Å²) in [6.45, 7) is 6.26. The minimum Gasteiger partial charge on any atom is -0.379 e. The van der Waals surface area contributed by atoms with E-state index in [1.165, 1.54) is 6.42 Å². The first-order chi connectivity index (χ1) is 13.7. The molecule has 0 aliphatic carbocycles. The van der Waals surface area contributed by atoms with Gasteiger partial charge in [0.2, 0.25) is 0 Å². The van der Waals surface area contributed by atoms with Crippen LogP contribution in [0.2, 0.25) is 0 Å². The Morgan fingerprint density at radius 1 is 1.29 bits per heavy atom. The van der Waals surface area contributed by atoms with E-state index in [0.717, 1.165) is 63.6 Å². The van der Waals surface area contributed by atoms with Crippen molar-refractivity contribution in [1.29, 1.82) is 0 Å². The molecule has 150 valence electrons. The topological polar surface area (TPSA) is 75.5 Å². The number of aromatic nitrogens is 3. The molecule has 0 aromatic carbocycles. The third kappa shape index (κ3) is 4.69. The maximum atomic E-state index is 12.8. The lowest BCUT2D eigenvalue weighted by molar-refractivity contribution is 0.0252. The zero-order valence-electron chi connectivity index (χ0n) is 16.4. The molecule has 2 aliphatic rings. The molecule has 4 rings (SSSR count). The Hall–Kier alpha value is -2.45. The number of carbonyl (C=O) groups excluding carboxylic acids is 1. The number of urea groups is 1. The van der Waals surface area contributed by atoms with E-state index in [4.69, 9.17) is 4.74 Å². The van der Waals surface area contributed by atoms with E-state index in [1.807, 2.05) is 36.3 Å². The van der Waals surface area contributed by atoms with Gasteiger partial charge in [0.15, 0.2) is 0 Å². The van der Waals surface area contributed by atoms with Gasteiger partial charge in [0.1, 0.15) is 5.82 Å². The molecule has 1 N–H and O–H groups in total. The lowest BCUT2D eigenvalue weighted by Gasteiger charge is -2.36. The average Bonchev–Trinajstić information content (AvgIpc) is 3.16. The molecule has 1 atom stereocenters. The highest BCUT2D eigenvalue weighted by Crippen LogP contribution is 2.21. The zero-order valence-corrected chi connectivity index (χ0v) is 16.4. The number of hydrogen-bond donors (Lipinski definition) is 1. The molecular weight excluding hydrogens is 356 g/mol. The molecule has 2 fully saturated rings. The van der Waals surface area contributed by atoms with Gasteiger partial charge in [0.25, 0.3) is 0 Å². The average molecular weight is 384 g/mol. The van der Waals surface area contributed by atoms with Crippen LogP contribution in [0.1, 0.15) is 12.8 Å². The molecule has 2 aromatic rings. The number of likely N-dealkylation sites (tertiary alicyclic amines) is 1. The number of rotatable bonds is 4. The molecule has 0 bridgehead atoms. The Morgan fingerprint density at radius 3 is 2.93 bits per heavy atom. The van der Waals surface area contributed by atoms with Gasteiger partial charge >= 0.3 is 6.03 Å². The summed E-state index contributed by atoms with van der Waals surface area (Å²) < 4.78 is 7.17. The fraction of sp³-hybridized carbons (Fsp3) is 0.550. The minimum absolute atomic E-state index is 0.0671. The molecule has 2 aliphatic heterocycles. The molecule has 0 saturated carbocycles. The number of nitrogens with one attached hydrogen (secondary N) is 1. The smallest absolute Gasteiger partial charge is 0.323 e. The van der Waals surface area contributed by atoms with Gasteiger partial charge in [0.05, 0.1) is 25.1 Å². The van der Waals surface area contributed by atoms with E-state index in [9.17, 15) is 4.79 Å². The summed E-state index contributed by atoms with van der Waals surface area (Å²) in [5.74, 6) is 1.09. The van der Waals surface area contributed by atoms with Gasteiger partial charge in [-0.1, -0.05) is 6.07 Å². The third-order valence-corrected chi connectivity index (χ3v) is 5.41. The number of anilines is 1. The van der Waals surface area contributed by atoms with Crippen molar-refractivity contribution in [2.45, 2.75) is 12.8 Å². The van der Waals surface area contributed by atoms with E-state index in [1.54, 1.807) is 10.9 Å². The molecule has 0 radical (unpaired) electrons. The molecule has 0 unspecified atom stereocenters. The maximum absolute atomic E-state index is 12.8. The van der Waals surface area contributed by atoms with Crippen LogP contribution < -0.4 is 5.32 Å². The molecule has 0 spiro atoms. The summed E-state index contributed by atoms with van der Waals surface area (Å²) in [5.41, 5.74) is 1.73. The summed E-state index contributed by atoms with van der Waals surface area (Å²) in [7, 11) is 1.87. The fourth-order valence-electron chi connectivity index (χ4n) is 3.95. The van der Waals surface area contributed by atoms with Crippen molar-refractivity contribution in [2.75, 3.05) is 51.3 Å². The molecule has 8 nitrogen and oxygen atoms in total. The highest BCUT2D eigenvalue weighted by molar-refractivity contribution is 5.88. The van der Waals surface area contributed by atoms with Crippen LogP contribution in [0.5, 0.6) is 0 Å². The van der Waals surface area contributed by atoms with Crippen LogP contribution in [0.25, 0.3) is 11.3 Å². The normalized spacial score (nSPS) is 20.9. The second kappa shape index (κ2) is 8.70. The van der Waals surface area contributed by atoms with E-state index in [0.29, 0.717) is 11.7 Å². The van der Waals surface area contributed by atoms with Crippen molar-refractivity contribution in [3.05, 3.63) is 30.6 Å². The van der Waals surface area contributed by atoms with Gasteiger partial charge in [-0.05, 0) is 30.9 Å². The molecule has 2 amide bonds. The van der Waals surface area contributed by atoms with E-state index in [2.05, 4.69) is 20.3 Å². The first-order valence-electron chi connectivity index (χ1n) is 9.99. The SMILES string of the molecule is Cn1cc(-c2cccc(NC(=O)N3CCC[C@H](CN4CCOCC4)C3)n2)cn1. The summed E-state index contributed by atoms with van der Waals surface area (Å²) in [5, 5.41) is 7.15. The number of nitrogens with zero attached hydrogens (tertiary/aromatic N) is 5. The van der Waals surface area contributed by atoms with Gasteiger partial charge in [-0.2, -0.15) is 5.10 Å². The van der Waals surface area contributed by atoms with Crippen LogP contribution in [0, 0.1) is 5.92 Å². The molecular formula is C20H28N6O2. The first kappa shape index (κ1) is 18.9. The molecule has 4 heterocycles. The van der Waals surface area contributed by atoms with Crippen LogP contribution in [0.3, 0.4) is 0 Å². The number of hydrogen-bond acceptors (Lipinski definition) is 5. The number of aryl methyl sites for hydroxylation is 1. The highest BCUT2D eigenvalue weighted by atomic mass is 16.5. The van der Waals surface area contributed by atoms with Crippen LogP contribution in [-0.2, 0) is 11.8 Å². The van der Waals surface area contributed by atoms with Crippen LogP contribution in [0.15, 0.2) is 30.6 Å². The summed E-state index contributed by atoms with van der Waals surface area (Å²) in [4.78, 5) is 21.7. The zero-order chi connectivity index (χ0) is 19.3. The molecule has 28 heavy (non-hydrogen) atoms. The Labute approximate surface area is 165 Å². The second-order valence-electron chi connectivity index (χ2n) is 7.61. The number of ether oxygens (including phenoxy) is 1. The minimum atomic E-state index is -0.0671. The number of carbonyl (C=O) groups is 1.